The molecule has 0 fully saturated rings. The van der Waals surface area contributed by atoms with E-state index in [1.807, 2.05) is 60.4 Å². The lowest BCUT2D eigenvalue weighted by Gasteiger charge is -2.31. The number of hydrogen-bond acceptors (Lipinski definition) is 3. The molecule has 1 unspecified atom stereocenters. The first-order valence-electron chi connectivity index (χ1n) is 11.9. The van der Waals surface area contributed by atoms with Crippen molar-refractivity contribution in [3.05, 3.63) is 111 Å². The second kappa shape index (κ2) is 10.9. The predicted octanol–water partition coefficient (Wildman–Crippen LogP) is 6.35. The van der Waals surface area contributed by atoms with E-state index in [1.165, 1.54) is 0 Å². The number of fused-ring (bicyclic) bond motifs is 1. The van der Waals surface area contributed by atoms with Crippen molar-refractivity contribution in [1.82, 2.24) is 14.5 Å². The van der Waals surface area contributed by atoms with Gasteiger partial charge in [-0.15, -0.1) is 0 Å². The molecule has 0 N–H and O–H groups in total. The van der Waals surface area contributed by atoms with Gasteiger partial charge in [-0.05, 0) is 61.2 Å². The third-order valence-corrected chi connectivity index (χ3v) is 6.47. The summed E-state index contributed by atoms with van der Waals surface area (Å²) in [7, 11) is 0. The van der Waals surface area contributed by atoms with Crippen molar-refractivity contribution < 1.29 is 4.79 Å². The summed E-state index contributed by atoms with van der Waals surface area (Å²) in [6.07, 6.45) is 0.834. The maximum Gasteiger partial charge on any atom is 0.261 e. The summed E-state index contributed by atoms with van der Waals surface area (Å²) < 4.78 is 1.71. The van der Waals surface area contributed by atoms with Gasteiger partial charge in [0.1, 0.15) is 5.82 Å². The Bertz CT molecular complexity index is 1360. The monoisotopic (exact) mass is 487 g/mol. The van der Waals surface area contributed by atoms with Gasteiger partial charge in [0.05, 0.1) is 23.5 Å². The molecule has 1 heterocycles. The molecule has 4 aromatic rings. The van der Waals surface area contributed by atoms with Gasteiger partial charge in [0.25, 0.3) is 11.5 Å². The number of benzene rings is 3. The lowest BCUT2D eigenvalue weighted by Crippen LogP contribution is -2.39. The van der Waals surface area contributed by atoms with E-state index in [0.717, 1.165) is 12.0 Å². The van der Waals surface area contributed by atoms with Crippen LogP contribution < -0.4 is 5.56 Å². The van der Waals surface area contributed by atoms with E-state index in [-0.39, 0.29) is 11.5 Å². The zero-order valence-corrected chi connectivity index (χ0v) is 21.1. The molecular weight excluding hydrogens is 458 g/mol. The fraction of sp³-hybridized carbons (Fsp3) is 0.276. The highest BCUT2D eigenvalue weighted by molar-refractivity contribution is 6.30. The molecule has 0 aliphatic rings. The highest BCUT2D eigenvalue weighted by Crippen LogP contribution is 2.24. The normalized spacial score (nSPS) is 12.1. The van der Waals surface area contributed by atoms with Gasteiger partial charge >= 0.3 is 0 Å². The van der Waals surface area contributed by atoms with Crippen molar-refractivity contribution in [2.45, 2.75) is 39.8 Å². The molecule has 0 aliphatic carbocycles. The second-order valence-corrected chi connectivity index (χ2v) is 9.66. The van der Waals surface area contributed by atoms with Gasteiger partial charge in [-0.1, -0.05) is 67.9 Å². The van der Waals surface area contributed by atoms with Crippen molar-refractivity contribution in [2.24, 2.45) is 5.92 Å². The number of amides is 1. The van der Waals surface area contributed by atoms with E-state index in [2.05, 4.69) is 13.8 Å². The molecular formula is C29H30ClN3O2. The van der Waals surface area contributed by atoms with Crippen LogP contribution in [0.1, 0.15) is 55.0 Å². The first-order valence-corrected chi connectivity index (χ1v) is 12.3. The van der Waals surface area contributed by atoms with Gasteiger partial charge in [0.15, 0.2) is 0 Å². The first kappa shape index (κ1) is 24.7. The Labute approximate surface area is 211 Å². The quantitative estimate of drug-likeness (QED) is 0.291. The average Bonchev–Trinajstić information content (AvgIpc) is 2.86. The van der Waals surface area contributed by atoms with Crippen LogP contribution in [-0.4, -0.2) is 26.9 Å². The fourth-order valence-electron chi connectivity index (χ4n) is 4.19. The summed E-state index contributed by atoms with van der Waals surface area (Å²) in [5.74, 6) is 0.880. The van der Waals surface area contributed by atoms with Crippen LogP contribution in [0.4, 0.5) is 0 Å². The van der Waals surface area contributed by atoms with Crippen LogP contribution in [0.15, 0.2) is 83.7 Å². The van der Waals surface area contributed by atoms with Crippen LogP contribution in [0, 0.1) is 5.92 Å². The molecule has 35 heavy (non-hydrogen) atoms. The van der Waals surface area contributed by atoms with Crippen LogP contribution in [0.3, 0.4) is 0 Å². The Morgan fingerprint density at radius 3 is 2.29 bits per heavy atom. The van der Waals surface area contributed by atoms with E-state index >= 15 is 0 Å². The fourth-order valence-corrected chi connectivity index (χ4v) is 4.31. The van der Waals surface area contributed by atoms with E-state index < -0.39 is 6.04 Å². The molecule has 180 valence electrons. The van der Waals surface area contributed by atoms with Gasteiger partial charge in [-0.2, -0.15) is 0 Å². The average molecular weight is 488 g/mol. The number of aromatic nitrogens is 2. The largest absolute Gasteiger partial charge is 0.329 e. The summed E-state index contributed by atoms with van der Waals surface area (Å²) in [5.41, 5.74) is 2.08. The highest BCUT2D eigenvalue weighted by atomic mass is 35.5. The third-order valence-electron chi connectivity index (χ3n) is 6.22. The summed E-state index contributed by atoms with van der Waals surface area (Å²) >= 11 is 6.05. The zero-order valence-electron chi connectivity index (χ0n) is 20.3. The molecule has 0 saturated heterocycles. The number of rotatable bonds is 8. The molecule has 0 bridgehead atoms. The Balaban J connectivity index is 1.83. The van der Waals surface area contributed by atoms with Crippen LogP contribution in [0.5, 0.6) is 0 Å². The Morgan fingerprint density at radius 1 is 0.943 bits per heavy atom. The minimum Gasteiger partial charge on any atom is -0.329 e. The lowest BCUT2D eigenvalue weighted by atomic mass is 10.1. The molecule has 0 aliphatic heterocycles. The van der Waals surface area contributed by atoms with E-state index in [0.29, 0.717) is 46.3 Å². The minimum atomic E-state index is -0.419. The molecule has 1 amide bonds. The Kier molecular flexibility index (Phi) is 7.67. The number of carbonyl (C=O) groups excluding carboxylic acids is 1. The van der Waals surface area contributed by atoms with Gasteiger partial charge < -0.3 is 4.90 Å². The van der Waals surface area contributed by atoms with Crippen molar-refractivity contribution in [3.63, 3.8) is 0 Å². The minimum absolute atomic E-state index is 0.107. The number of hydrogen-bond donors (Lipinski definition) is 0. The molecule has 5 nitrogen and oxygen atoms in total. The van der Waals surface area contributed by atoms with Crippen LogP contribution in [0.25, 0.3) is 10.9 Å². The maximum absolute atomic E-state index is 13.7. The number of halogens is 1. The van der Waals surface area contributed by atoms with Crippen molar-refractivity contribution in [3.8, 4) is 0 Å². The highest BCUT2D eigenvalue weighted by Gasteiger charge is 2.27. The standard InChI is InChI=1S/C29H30ClN3O2/c1-20(2)17-18-32(28(34)23-13-15-24(30)16-14-23)21(3)27-31-26-12-8-7-11-25(26)29(35)33(27)19-22-9-5-4-6-10-22/h4-16,20-21H,17-19H2,1-3H3. The number of carbonyl (C=O) groups is 1. The van der Waals surface area contributed by atoms with Gasteiger partial charge in [0, 0.05) is 17.1 Å². The first-order chi connectivity index (χ1) is 16.8. The van der Waals surface area contributed by atoms with Gasteiger partial charge in [-0.25, -0.2) is 4.98 Å². The zero-order chi connectivity index (χ0) is 24.9. The molecule has 3 aromatic carbocycles. The number of para-hydroxylation sites is 1. The second-order valence-electron chi connectivity index (χ2n) is 9.23. The molecule has 1 aromatic heterocycles. The van der Waals surface area contributed by atoms with Crippen LogP contribution in [-0.2, 0) is 6.54 Å². The summed E-state index contributed by atoms with van der Waals surface area (Å²) in [4.78, 5) is 34.0. The molecule has 0 saturated carbocycles. The van der Waals surface area contributed by atoms with Crippen molar-refractivity contribution in [1.29, 1.82) is 0 Å². The molecule has 0 spiro atoms. The number of nitrogens with zero attached hydrogens (tertiary/aromatic N) is 3. The van der Waals surface area contributed by atoms with Crippen LogP contribution in [0.2, 0.25) is 5.02 Å². The van der Waals surface area contributed by atoms with Crippen molar-refractivity contribution in [2.75, 3.05) is 6.54 Å². The molecule has 0 radical (unpaired) electrons. The smallest absolute Gasteiger partial charge is 0.261 e. The molecule has 6 heteroatoms. The van der Waals surface area contributed by atoms with Crippen LogP contribution >= 0.6 is 11.6 Å². The van der Waals surface area contributed by atoms with Gasteiger partial charge in [0.2, 0.25) is 0 Å². The third kappa shape index (κ3) is 5.63. The SMILES string of the molecule is CC(C)CCN(C(=O)c1ccc(Cl)cc1)C(C)c1nc2ccccc2c(=O)n1Cc1ccccc1. The van der Waals surface area contributed by atoms with E-state index in [9.17, 15) is 9.59 Å². The molecule has 1 atom stereocenters. The lowest BCUT2D eigenvalue weighted by molar-refractivity contribution is 0.0669. The Hall–Kier alpha value is -3.44. The van der Waals surface area contributed by atoms with Gasteiger partial charge in [-0.3, -0.25) is 14.2 Å². The van der Waals surface area contributed by atoms with Crippen molar-refractivity contribution >= 4 is 28.4 Å². The summed E-state index contributed by atoms with van der Waals surface area (Å²) in [6, 6.07) is 23.7. The Morgan fingerprint density at radius 2 is 1.60 bits per heavy atom. The van der Waals surface area contributed by atoms with E-state index in [4.69, 9.17) is 16.6 Å². The molecule has 4 rings (SSSR count). The summed E-state index contributed by atoms with van der Waals surface area (Å²) in [6.45, 7) is 7.15. The predicted molar refractivity (Wildman–Crippen MR) is 142 cm³/mol. The summed E-state index contributed by atoms with van der Waals surface area (Å²) in [5, 5.41) is 1.15. The topological polar surface area (TPSA) is 55.2 Å². The van der Waals surface area contributed by atoms with E-state index in [1.54, 1.807) is 34.9 Å². The maximum atomic E-state index is 13.7.